The molecule has 0 unspecified atom stereocenters. The summed E-state index contributed by atoms with van der Waals surface area (Å²) in [5, 5.41) is 21.4. The van der Waals surface area contributed by atoms with Crippen molar-refractivity contribution in [1.82, 2.24) is 10.2 Å². The van der Waals surface area contributed by atoms with E-state index in [4.69, 9.17) is 13.9 Å². The maximum absolute atomic E-state index is 12.6. The topological polar surface area (TPSA) is 130 Å². The first-order chi connectivity index (χ1) is 14.0. The molecule has 0 saturated heterocycles. The fourth-order valence-electron chi connectivity index (χ4n) is 2.49. The van der Waals surface area contributed by atoms with Gasteiger partial charge in [0.05, 0.1) is 25.2 Å². The highest BCUT2D eigenvalue weighted by atomic mass is 32.2. The maximum Gasteiger partial charge on any atom is 0.322 e. The molecule has 0 atom stereocenters. The van der Waals surface area contributed by atoms with Crippen LogP contribution in [0.15, 0.2) is 45.7 Å². The summed E-state index contributed by atoms with van der Waals surface area (Å²) in [5.74, 6) is -0.298. The van der Waals surface area contributed by atoms with Crippen molar-refractivity contribution in [2.24, 2.45) is 0 Å². The van der Waals surface area contributed by atoms with E-state index >= 15 is 0 Å². The van der Waals surface area contributed by atoms with E-state index in [-0.39, 0.29) is 29.0 Å². The molecule has 0 radical (unpaired) electrons. The van der Waals surface area contributed by atoms with Crippen LogP contribution >= 0.6 is 11.8 Å². The molecule has 0 saturated carbocycles. The number of aromatic nitrogens is 2. The Hall–Kier alpha value is -3.60. The summed E-state index contributed by atoms with van der Waals surface area (Å²) < 4.78 is 15.6. The largest absolute Gasteiger partial charge is 0.493 e. The Morgan fingerprint density at radius 3 is 2.38 bits per heavy atom. The predicted octanol–water partition coefficient (Wildman–Crippen LogP) is 3.64. The molecular weight excluding hydrogens is 400 g/mol. The van der Waals surface area contributed by atoms with Gasteiger partial charge in [-0.1, -0.05) is 5.10 Å². The van der Waals surface area contributed by atoms with Crippen LogP contribution < -0.4 is 14.8 Å². The number of anilines is 1. The standard InChI is InChI=1S/C18H16N4O6S/c1-26-14-8-12(13(22(24)25)9-15(14)27-2)16(23)19-18-21-20-17(28-18)10-4-6-11(29-3)7-5-10/h4-9H,1-3H3,(H,19,21,23). The average molecular weight is 416 g/mol. The van der Waals surface area contributed by atoms with Gasteiger partial charge in [-0.15, -0.1) is 16.9 Å². The van der Waals surface area contributed by atoms with Gasteiger partial charge >= 0.3 is 6.01 Å². The minimum atomic E-state index is -0.800. The number of thioether (sulfide) groups is 1. The average Bonchev–Trinajstić information content (AvgIpc) is 3.20. The highest BCUT2D eigenvalue weighted by Gasteiger charge is 2.25. The van der Waals surface area contributed by atoms with E-state index in [0.29, 0.717) is 5.56 Å². The van der Waals surface area contributed by atoms with Crippen LogP contribution in [0.2, 0.25) is 0 Å². The van der Waals surface area contributed by atoms with Gasteiger partial charge in [0.1, 0.15) is 5.56 Å². The number of rotatable bonds is 7. The first-order valence-corrected chi connectivity index (χ1v) is 9.39. The monoisotopic (exact) mass is 416 g/mol. The number of carbonyl (C=O) groups is 1. The number of hydrogen-bond acceptors (Lipinski definition) is 9. The van der Waals surface area contributed by atoms with Crippen LogP contribution in [0, 0.1) is 10.1 Å². The van der Waals surface area contributed by atoms with Gasteiger partial charge in [0.2, 0.25) is 5.89 Å². The van der Waals surface area contributed by atoms with Crippen molar-refractivity contribution in [1.29, 1.82) is 0 Å². The number of nitro benzene ring substituents is 1. The SMILES string of the molecule is COc1cc(C(=O)Nc2nnc(-c3ccc(SC)cc3)o2)c([N+](=O)[O-])cc1OC. The lowest BCUT2D eigenvalue weighted by atomic mass is 10.1. The number of ether oxygens (including phenoxy) is 2. The fraction of sp³-hybridized carbons (Fsp3) is 0.167. The zero-order chi connectivity index (χ0) is 21.0. The summed E-state index contributed by atoms with van der Waals surface area (Å²) in [7, 11) is 2.70. The maximum atomic E-state index is 12.6. The second-order valence-electron chi connectivity index (χ2n) is 5.58. The van der Waals surface area contributed by atoms with E-state index in [1.165, 1.54) is 20.3 Å². The van der Waals surface area contributed by atoms with Gasteiger partial charge in [-0.25, -0.2) is 0 Å². The number of nitrogens with one attached hydrogen (secondary N) is 1. The van der Waals surface area contributed by atoms with Crippen molar-refractivity contribution in [2.45, 2.75) is 4.90 Å². The van der Waals surface area contributed by atoms with Crippen LogP contribution in [-0.2, 0) is 0 Å². The number of amides is 1. The summed E-state index contributed by atoms with van der Waals surface area (Å²) in [6.45, 7) is 0. The molecule has 11 heteroatoms. The van der Waals surface area contributed by atoms with E-state index in [2.05, 4.69) is 15.5 Å². The molecule has 3 aromatic rings. The minimum absolute atomic E-state index is 0.129. The molecule has 0 bridgehead atoms. The smallest absolute Gasteiger partial charge is 0.322 e. The Morgan fingerprint density at radius 1 is 1.14 bits per heavy atom. The number of hydrogen-bond donors (Lipinski definition) is 1. The molecule has 0 spiro atoms. The Balaban J connectivity index is 1.87. The molecule has 0 aliphatic rings. The van der Waals surface area contributed by atoms with Crippen molar-refractivity contribution >= 4 is 29.4 Å². The number of nitro groups is 1. The van der Waals surface area contributed by atoms with Crippen molar-refractivity contribution in [3.63, 3.8) is 0 Å². The number of benzene rings is 2. The normalized spacial score (nSPS) is 10.4. The molecule has 29 heavy (non-hydrogen) atoms. The van der Waals surface area contributed by atoms with Crippen LogP contribution in [0.1, 0.15) is 10.4 Å². The zero-order valence-electron chi connectivity index (χ0n) is 15.7. The highest BCUT2D eigenvalue weighted by Crippen LogP contribution is 2.35. The Morgan fingerprint density at radius 2 is 1.79 bits per heavy atom. The molecule has 10 nitrogen and oxygen atoms in total. The third-order valence-electron chi connectivity index (χ3n) is 3.93. The van der Waals surface area contributed by atoms with Gasteiger partial charge < -0.3 is 13.9 Å². The van der Waals surface area contributed by atoms with E-state index in [1.807, 2.05) is 30.5 Å². The van der Waals surface area contributed by atoms with E-state index in [1.54, 1.807) is 11.8 Å². The number of nitrogens with zero attached hydrogens (tertiary/aromatic N) is 3. The van der Waals surface area contributed by atoms with Gasteiger partial charge in [-0.2, -0.15) is 0 Å². The van der Waals surface area contributed by atoms with Crippen molar-refractivity contribution in [2.75, 3.05) is 25.8 Å². The van der Waals surface area contributed by atoms with Gasteiger partial charge in [0.15, 0.2) is 11.5 Å². The molecule has 1 N–H and O–H groups in total. The Labute approximate surface area is 169 Å². The molecule has 2 aromatic carbocycles. The van der Waals surface area contributed by atoms with E-state index in [0.717, 1.165) is 11.0 Å². The van der Waals surface area contributed by atoms with Crippen LogP contribution in [0.3, 0.4) is 0 Å². The lowest BCUT2D eigenvalue weighted by Crippen LogP contribution is -2.14. The molecule has 1 amide bonds. The highest BCUT2D eigenvalue weighted by molar-refractivity contribution is 7.98. The number of methoxy groups -OCH3 is 2. The second kappa shape index (κ2) is 8.61. The van der Waals surface area contributed by atoms with Gasteiger partial charge in [0, 0.05) is 16.5 Å². The van der Waals surface area contributed by atoms with Crippen molar-refractivity contribution in [3.8, 4) is 23.0 Å². The molecular formula is C18H16N4O6S. The number of carbonyl (C=O) groups excluding carboxylic acids is 1. The fourth-order valence-corrected chi connectivity index (χ4v) is 2.90. The third kappa shape index (κ3) is 4.29. The Bertz CT molecular complexity index is 1050. The lowest BCUT2D eigenvalue weighted by Gasteiger charge is -2.09. The van der Waals surface area contributed by atoms with Crippen LogP contribution in [0.4, 0.5) is 11.7 Å². The minimum Gasteiger partial charge on any atom is -0.493 e. The first kappa shape index (κ1) is 20.1. The molecule has 0 aliphatic heterocycles. The third-order valence-corrected chi connectivity index (χ3v) is 4.67. The van der Waals surface area contributed by atoms with Crippen LogP contribution in [0.25, 0.3) is 11.5 Å². The summed E-state index contributed by atoms with van der Waals surface area (Å²) in [6.07, 6.45) is 1.96. The quantitative estimate of drug-likeness (QED) is 0.348. The molecule has 3 rings (SSSR count). The van der Waals surface area contributed by atoms with Crippen LogP contribution in [0.5, 0.6) is 11.5 Å². The van der Waals surface area contributed by atoms with E-state index in [9.17, 15) is 14.9 Å². The predicted molar refractivity (Wildman–Crippen MR) is 106 cm³/mol. The first-order valence-electron chi connectivity index (χ1n) is 8.16. The summed E-state index contributed by atoms with van der Waals surface area (Å²) in [4.78, 5) is 24.3. The van der Waals surface area contributed by atoms with Gasteiger partial charge in [-0.05, 0) is 30.5 Å². The molecule has 0 fully saturated rings. The Kier molecular flexibility index (Phi) is 5.98. The molecule has 1 heterocycles. The lowest BCUT2D eigenvalue weighted by molar-refractivity contribution is -0.385. The van der Waals surface area contributed by atoms with E-state index < -0.39 is 16.5 Å². The summed E-state index contributed by atoms with van der Waals surface area (Å²) in [6, 6.07) is 9.55. The summed E-state index contributed by atoms with van der Waals surface area (Å²) >= 11 is 1.60. The zero-order valence-corrected chi connectivity index (χ0v) is 16.5. The summed E-state index contributed by atoms with van der Waals surface area (Å²) in [5.41, 5.74) is -0.0165. The molecule has 1 aromatic heterocycles. The van der Waals surface area contributed by atoms with Crippen molar-refractivity contribution in [3.05, 3.63) is 52.1 Å². The van der Waals surface area contributed by atoms with Gasteiger partial charge in [0.25, 0.3) is 11.6 Å². The molecule has 0 aliphatic carbocycles. The van der Waals surface area contributed by atoms with Gasteiger partial charge in [-0.3, -0.25) is 20.2 Å². The van der Waals surface area contributed by atoms with Crippen molar-refractivity contribution < 1.29 is 23.6 Å². The second-order valence-corrected chi connectivity index (χ2v) is 6.46. The molecule has 150 valence electrons. The van der Waals surface area contributed by atoms with Crippen LogP contribution in [-0.4, -0.2) is 41.5 Å².